The summed E-state index contributed by atoms with van der Waals surface area (Å²) in [5, 5.41) is 2.95. The number of urea groups is 1. The Morgan fingerprint density at radius 3 is 1.90 bits per heavy atom. The number of nitrogens with zero attached hydrogens (tertiary/aromatic N) is 1. The van der Waals surface area contributed by atoms with Crippen LogP contribution >= 0.6 is 0 Å². The minimum Gasteiger partial charge on any atom is -0.497 e. The molecule has 4 rings (SSSR count). The first-order chi connectivity index (χ1) is 15.1. The predicted molar refractivity (Wildman–Crippen MR) is 117 cm³/mol. The van der Waals surface area contributed by atoms with Gasteiger partial charge in [0.1, 0.15) is 11.5 Å². The maximum atomic E-state index is 13.6. The third kappa shape index (κ3) is 3.97. The standard InChI is InChI=1S/C25H24N2O4/c1-30-21-13-15-22(16-14-21)31-18-8-17-27-23(28)25(26-24(27)29,19-9-4-2-5-10-19)20-11-6-3-7-12-20/h2-7,9-16H,8,17-18H2,1H3,(H,26,29). The first kappa shape index (κ1) is 20.5. The number of carbonyl (C=O) groups is 2. The molecule has 0 bridgehead atoms. The number of hydrogen-bond acceptors (Lipinski definition) is 4. The first-order valence-corrected chi connectivity index (χ1v) is 10.2. The van der Waals surface area contributed by atoms with E-state index in [2.05, 4.69) is 5.32 Å². The van der Waals surface area contributed by atoms with Crippen molar-refractivity contribution in [3.8, 4) is 11.5 Å². The van der Waals surface area contributed by atoms with Gasteiger partial charge < -0.3 is 14.8 Å². The molecule has 0 saturated carbocycles. The van der Waals surface area contributed by atoms with Crippen LogP contribution < -0.4 is 14.8 Å². The lowest BCUT2D eigenvalue weighted by Gasteiger charge is -2.28. The van der Waals surface area contributed by atoms with Gasteiger partial charge in [0, 0.05) is 6.54 Å². The number of imide groups is 1. The van der Waals surface area contributed by atoms with Crippen LogP contribution in [-0.4, -0.2) is 37.1 Å². The minimum absolute atomic E-state index is 0.266. The van der Waals surface area contributed by atoms with Crippen LogP contribution in [0.1, 0.15) is 17.5 Å². The molecule has 158 valence electrons. The molecule has 1 aliphatic rings. The van der Waals surface area contributed by atoms with Crippen molar-refractivity contribution in [2.45, 2.75) is 12.0 Å². The molecular weight excluding hydrogens is 392 g/mol. The average Bonchev–Trinajstić information content (AvgIpc) is 3.09. The number of rotatable bonds is 8. The molecule has 0 radical (unpaired) electrons. The molecule has 1 fully saturated rings. The molecule has 1 aliphatic heterocycles. The number of nitrogens with one attached hydrogen (secondary N) is 1. The van der Waals surface area contributed by atoms with Gasteiger partial charge in [-0.25, -0.2) is 4.79 Å². The third-order valence-corrected chi connectivity index (χ3v) is 5.37. The highest BCUT2D eigenvalue weighted by molar-refractivity contribution is 6.09. The summed E-state index contributed by atoms with van der Waals surface area (Å²) in [6, 6.07) is 25.6. The molecule has 0 spiro atoms. The Kier molecular flexibility index (Phi) is 5.89. The maximum Gasteiger partial charge on any atom is 0.325 e. The van der Waals surface area contributed by atoms with E-state index in [0.29, 0.717) is 18.8 Å². The quantitative estimate of drug-likeness (QED) is 0.446. The Balaban J connectivity index is 1.48. The topological polar surface area (TPSA) is 67.9 Å². The van der Waals surface area contributed by atoms with E-state index in [4.69, 9.17) is 9.47 Å². The van der Waals surface area contributed by atoms with Gasteiger partial charge in [-0.2, -0.15) is 0 Å². The van der Waals surface area contributed by atoms with Crippen LogP contribution in [0.2, 0.25) is 0 Å². The normalized spacial score (nSPS) is 14.9. The van der Waals surface area contributed by atoms with E-state index in [9.17, 15) is 9.59 Å². The summed E-state index contributed by atoms with van der Waals surface area (Å²) in [4.78, 5) is 27.7. The summed E-state index contributed by atoms with van der Waals surface area (Å²) < 4.78 is 10.9. The zero-order chi connectivity index (χ0) is 21.7. The van der Waals surface area contributed by atoms with E-state index < -0.39 is 11.6 Å². The molecule has 0 unspecified atom stereocenters. The number of benzene rings is 3. The lowest BCUT2D eigenvalue weighted by molar-refractivity contribution is -0.130. The van der Waals surface area contributed by atoms with Gasteiger partial charge >= 0.3 is 6.03 Å². The van der Waals surface area contributed by atoms with E-state index in [0.717, 1.165) is 16.9 Å². The lowest BCUT2D eigenvalue weighted by atomic mass is 9.82. The fraction of sp³-hybridized carbons (Fsp3) is 0.200. The number of methoxy groups -OCH3 is 1. The molecule has 0 aliphatic carbocycles. The van der Waals surface area contributed by atoms with E-state index in [-0.39, 0.29) is 12.5 Å². The molecule has 6 nitrogen and oxygen atoms in total. The molecule has 0 aromatic heterocycles. The third-order valence-electron chi connectivity index (χ3n) is 5.37. The minimum atomic E-state index is -1.23. The van der Waals surface area contributed by atoms with Crippen LogP contribution in [0.3, 0.4) is 0 Å². The molecule has 6 heteroatoms. The molecule has 3 aromatic rings. The Bertz CT molecular complexity index is 997. The Morgan fingerprint density at radius 2 is 1.35 bits per heavy atom. The first-order valence-electron chi connectivity index (χ1n) is 10.2. The second kappa shape index (κ2) is 8.92. The van der Waals surface area contributed by atoms with Crippen molar-refractivity contribution >= 4 is 11.9 Å². The van der Waals surface area contributed by atoms with Crippen molar-refractivity contribution < 1.29 is 19.1 Å². The fourth-order valence-electron chi connectivity index (χ4n) is 3.80. The van der Waals surface area contributed by atoms with Gasteiger partial charge in [-0.15, -0.1) is 0 Å². The zero-order valence-corrected chi connectivity index (χ0v) is 17.3. The van der Waals surface area contributed by atoms with Gasteiger partial charge in [-0.1, -0.05) is 60.7 Å². The Morgan fingerprint density at radius 1 is 0.806 bits per heavy atom. The van der Waals surface area contributed by atoms with Gasteiger partial charge in [0.25, 0.3) is 5.91 Å². The van der Waals surface area contributed by atoms with Crippen LogP contribution in [0.15, 0.2) is 84.9 Å². The van der Waals surface area contributed by atoms with Crippen LogP contribution in [0.4, 0.5) is 4.79 Å². The van der Waals surface area contributed by atoms with Crippen molar-refractivity contribution in [1.29, 1.82) is 0 Å². The summed E-state index contributed by atoms with van der Waals surface area (Å²) in [5.74, 6) is 1.19. The van der Waals surface area contributed by atoms with Crippen molar-refractivity contribution in [2.24, 2.45) is 0 Å². The number of carbonyl (C=O) groups excluding carboxylic acids is 2. The molecule has 1 saturated heterocycles. The average molecular weight is 416 g/mol. The second-order valence-corrected chi connectivity index (χ2v) is 7.25. The van der Waals surface area contributed by atoms with E-state index >= 15 is 0 Å². The predicted octanol–water partition coefficient (Wildman–Crippen LogP) is 3.96. The van der Waals surface area contributed by atoms with Crippen molar-refractivity contribution in [2.75, 3.05) is 20.3 Å². The van der Waals surface area contributed by atoms with Crippen LogP contribution in [-0.2, 0) is 10.3 Å². The van der Waals surface area contributed by atoms with Gasteiger partial charge in [-0.05, 0) is 41.8 Å². The highest BCUT2D eigenvalue weighted by atomic mass is 16.5. The van der Waals surface area contributed by atoms with Gasteiger partial charge in [0.05, 0.1) is 13.7 Å². The largest absolute Gasteiger partial charge is 0.497 e. The van der Waals surface area contributed by atoms with Crippen molar-refractivity contribution in [3.05, 3.63) is 96.1 Å². The van der Waals surface area contributed by atoms with Crippen molar-refractivity contribution in [1.82, 2.24) is 10.2 Å². The Hall–Kier alpha value is -3.80. The van der Waals surface area contributed by atoms with Gasteiger partial charge in [0.2, 0.25) is 0 Å². The van der Waals surface area contributed by atoms with E-state index in [1.165, 1.54) is 4.90 Å². The molecule has 31 heavy (non-hydrogen) atoms. The van der Waals surface area contributed by atoms with Crippen LogP contribution in [0, 0.1) is 0 Å². The highest BCUT2D eigenvalue weighted by Gasteiger charge is 2.53. The van der Waals surface area contributed by atoms with Crippen LogP contribution in [0.25, 0.3) is 0 Å². The summed E-state index contributed by atoms with van der Waals surface area (Å²) in [5.41, 5.74) is 0.240. The second-order valence-electron chi connectivity index (χ2n) is 7.25. The van der Waals surface area contributed by atoms with E-state index in [1.54, 1.807) is 7.11 Å². The summed E-state index contributed by atoms with van der Waals surface area (Å²) in [6.07, 6.45) is 0.519. The molecule has 3 amide bonds. The number of amides is 3. The van der Waals surface area contributed by atoms with Gasteiger partial charge in [0.15, 0.2) is 5.54 Å². The zero-order valence-electron chi connectivity index (χ0n) is 17.3. The highest BCUT2D eigenvalue weighted by Crippen LogP contribution is 2.36. The number of ether oxygens (including phenoxy) is 2. The summed E-state index contributed by atoms with van der Waals surface area (Å²) in [7, 11) is 1.61. The van der Waals surface area contributed by atoms with Gasteiger partial charge in [-0.3, -0.25) is 9.69 Å². The van der Waals surface area contributed by atoms with Crippen LogP contribution in [0.5, 0.6) is 11.5 Å². The lowest BCUT2D eigenvalue weighted by Crippen LogP contribution is -2.45. The maximum absolute atomic E-state index is 13.6. The molecule has 3 aromatic carbocycles. The summed E-state index contributed by atoms with van der Waals surface area (Å²) >= 11 is 0. The summed E-state index contributed by atoms with van der Waals surface area (Å²) in [6.45, 7) is 0.648. The van der Waals surface area contributed by atoms with E-state index in [1.807, 2.05) is 84.9 Å². The monoisotopic (exact) mass is 416 g/mol. The molecule has 0 atom stereocenters. The number of hydrogen-bond donors (Lipinski definition) is 1. The molecular formula is C25H24N2O4. The van der Waals surface area contributed by atoms with Crippen molar-refractivity contribution in [3.63, 3.8) is 0 Å². The smallest absolute Gasteiger partial charge is 0.325 e. The SMILES string of the molecule is COc1ccc(OCCCN2C(=O)NC(c3ccccc3)(c3ccccc3)C2=O)cc1. The fourth-order valence-corrected chi connectivity index (χ4v) is 3.80. The molecule has 1 heterocycles. The Labute approximate surface area is 181 Å². The molecule has 1 N–H and O–H groups in total.